The Kier molecular flexibility index (Phi) is 7.14. The summed E-state index contributed by atoms with van der Waals surface area (Å²) in [5.41, 5.74) is 0. The Labute approximate surface area is 86.8 Å². The molecule has 0 saturated heterocycles. The molecule has 0 rings (SSSR count). The van der Waals surface area contributed by atoms with Crippen molar-refractivity contribution in [3.63, 3.8) is 0 Å². The van der Waals surface area contributed by atoms with Crippen LogP contribution in [0.25, 0.3) is 0 Å². The molecule has 0 bridgehead atoms. The van der Waals surface area contributed by atoms with Crippen molar-refractivity contribution in [2.75, 3.05) is 7.11 Å². The van der Waals surface area contributed by atoms with Gasteiger partial charge < -0.3 is 4.74 Å². The maximum absolute atomic E-state index is 10.9. The number of hydrogen-bond acceptors (Lipinski definition) is 2. The Morgan fingerprint density at radius 1 is 1.58 bits per heavy atom. The summed E-state index contributed by atoms with van der Waals surface area (Å²) >= 11 is 1.98. The van der Waals surface area contributed by atoms with Crippen LogP contribution in [0.4, 0.5) is 0 Å². The third kappa shape index (κ3) is 5.35. The van der Waals surface area contributed by atoms with Crippen LogP contribution in [0.3, 0.4) is 0 Å². The third-order valence-electron chi connectivity index (χ3n) is 1.32. The van der Waals surface area contributed by atoms with Crippen molar-refractivity contribution >= 4 is 28.6 Å². The SMILES string of the molecule is C=CCCC/C=C(\I)C(=O)OC. The standard InChI is InChI=1S/C9H13IO2/c1-3-4-5-6-7-8(10)9(11)12-2/h3,7H,1,4-6H2,2H3/b8-7-. The minimum absolute atomic E-state index is 0.255. The third-order valence-corrected chi connectivity index (χ3v) is 2.20. The van der Waals surface area contributed by atoms with Gasteiger partial charge >= 0.3 is 5.97 Å². The topological polar surface area (TPSA) is 26.3 Å². The Morgan fingerprint density at radius 3 is 2.75 bits per heavy atom. The van der Waals surface area contributed by atoms with E-state index in [1.165, 1.54) is 7.11 Å². The zero-order chi connectivity index (χ0) is 9.40. The van der Waals surface area contributed by atoms with Crippen molar-refractivity contribution in [3.8, 4) is 0 Å². The fourth-order valence-corrected chi connectivity index (χ4v) is 1.20. The number of methoxy groups -OCH3 is 1. The Balaban J connectivity index is 3.68. The van der Waals surface area contributed by atoms with Crippen molar-refractivity contribution in [2.24, 2.45) is 0 Å². The molecule has 0 amide bonds. The van der Waals surface area contributed by atoms with Crippen molar-refractivity contribution in [1.82, 2.24) is 0 Å². The van der Waals surface area contributed by atoms with E-state index in [-0.39, 0.29) is 5.97 Å². The molecule has 2 nitrogen and oxygen atoms in total. The average Bonchev–Trinajstić information content (AvgIpc) is 2.10. The number of carbonyl (C=O) groups is 1. The van der Waals surface area contributed by atoms with Crippen LogP contribution in [0.5, 0.6) is 0 Å². The normalized spacial score (nSPS) is 11.0. The molecule has 0 heterocycles. The summed E-state index contributed by atoms with van der Waals surface area (Å²) in [4.78, 5) is 10.9. The van der Waals surface area contributed by atoms with Crippen LogP contribution in [-0.2, 0) is 9.53 Å². The molecule has 0 saturated carbocycles. The summed E-state index contributed by atoms with van der Waals surface area (Å²) in [7, 11) is 1.39. The van der Waals surface area contributed by atoms with E-state index in [2.05, 4.69) is 11.3 Å². The number of allylic oxidation sites excluding steroid dienone is 2. The number of ether oxygens (including phenoxy) is 1. The molecular formula is C9H13IO2. The van der Waals surface area contributed by atoms with E-state index in [0.717, 1.165) is 19.3 Å². The lowest BCUT2D eigenvalue weighted by molar-refractivity contribution is -0.135. The monoisotopic (exact) mass is 280 g/mol. The molecule has 0 aliphatic heterocycles. The van der Waals surface area contributed by atoms with Crippen LogP contribution >= 0.6 is 22.6 Å². The van der Waals surface area contributed by atoms with Crippen molar-refractivity contribution in [2.45, 2.75) is 19.3 Å². The lowest BCUT2D eigenvalue weighted by atomic mass is 10.2. The average molecular weight is 280 g/mol. The largest absolute Gasteiger partial charge is 0.465 e. The van der Waals surface area contributed by atoms with Crippen molar-refractivity contribution in [3.05, 3.63) is 22.3 Å². The lowest BCUT2D eigenvalue weighted by Gasteiger charge is -1.95. The molecule has 0 aromatic carbocycles. The lowest BCUT2D eigenvalue weighted by Crippen LogP contribution is -1.98. The highest BCUT2D eigenvalue weighted by atomic mass is 127. The molecule has 0 aromatic rings. The number of unbranched alkanes of at least 4 members (excludes halogenated alkanes) is 2. The molecule has 0 spiro atoms. The molecule has 0 aliphatic rings. The number of esters is 1. The summed E-state index contributed by atoms with van der Waals surface area (Å²) in [5, 5.41) is 0. The predicted octanol–water partition coefficient (Wildman–Crippen LogP) is 2.83. The van der Waals surface area contributed by atoms with Crippen LogP contribution < -0.4 is 0 Å². The van der Waals surface area contributed by atoms with Gasteiger partial charge in [-0.1, -0.05) is 12.2 Å². The summed E-state index contributed by atoms with van der Waals surface area (Å²) in [6, 6.07) is 0. The van der Waals surface area contributed by atoms with E-state index in [1.807, 2.05) is 34.7 Å². The van der Waals surface area contributed by atoms with E-state index in [9.17, 15) is 4.79 Å². The van der Waals surface area contributed by atoms with Gasteiger partial charge in [-0.2, -0.15) is 0 Å². The molecule has 0 N–H and O–H groups in total. The molecule has 0 aliphatic carbocycles. The highest BCUT2D eigenvalue weighted by Crippen LogP contribution is 2.10. The van der Waals surface area contributed by atoms with E-state index >= 15 is 0 Å². The number of halogens is 1. The fourth-order valence-electron chi connectivity index (χ4n) is 0.672. The van der Waals surface area contributed by atoms with E-state index in [4.69, 9.17) is 0 Å². The van der Waals surface area contributed by atoms with Crippen LogP contribution in [0.1, 0.15) is 19.3 Å². The number of carbonyl (C=O) groups excluding carboxylic acids is 1. The first-order chi connectivity index (χ1) is 5.72. The quantitative estimate of drug-likeness (QED) is 0.254. The van der Waals surface area contributed by atoms with Gasteiger partial charge in [-0.15, -0.1) is 6.58 Å². The van der Waals surface area contributed by atoms with Crippen molar-refractivity contribution < 1.29 is 9.53 Å². The summed E-state index contributed by atoms with van der Waals surface area (Å²) < 4.78 is 5.19. The Bertz CT molecular complexity index is 185. The molecule has 0 radical (unpaired) electrons. The van der Waals surface area contributed by atoms with Gasteiger partial charge in [-0.25, -0.2) is 4.79 Å². The van der Waals surface area contributed by atoms with Gasteiger partial charge in [0.15, 0.2) is 0 Å². The van der Waals surface area contributed by atoms with E-state index in [1.54, 1.807) is 0 Å². The first-order valence-electron chi connectivity index (χ1n) is 3.77. The second kappa shape index (κ2) is 7.34. The fraction of sp³-hybridized carbons (Fsp3) is 0.444. The van der Waals surface area contributed by atoms with Crippen LogP contribution in [0.15, 0.2) is 22.3 Å². The zero-order valence-corrected chi connectivity index (χ0v) is 9.34. The van der Waals surface area contributed by atoms with Gasteiger partial charge in [-0.05, 0) is 41.9 Å². The van der Waals surface area contributed by atoms with E-state index in [0.29, 0.717) is 3.58 Å². The minimum atomic E-state index is -0.255. The Morgan fingerprint density at radius 2 is 2.25 bits per heavy atom. The number of rotatable bonds is 5. The molecule has 12 heavy (non-hydrogen) atoms. The van der Waals surface area contributed by atoms with E-state index < -0.39 is 0 Å². The van der Waals surface area contributed by atoms with Gasteiger partial charge in [0.25, 0.3) is 0 Å². The highest BCUT2D eigenvalue weighted by molar-refractivity contribution is 14.1. The van der Waals surface area contributed by atoms with Crippen LogP contribution in [0.2, 0.25) is 0 Å². The molecule has 0 atom stereocenters. The van der Waals surface area contributed by atoms with Crippen LogP contribution in [0, 0.1) is 0 Å². The first kappa shape index (κ1) is 11.7. The minimum Gasteiger partial charge on any atom is -0.465 e. The van der Waals surface area contributed by atoms with Gasteiger partial charge in [0.1, 0.15) is 0 Å². The van der Waals surface area contributed by atoms with Crippen LogP contribution in [-0.4, -0.2) is 13.1 Å². The summed E-state index contributed by atoms with van der Waals surface area (Å²) in [6.07, 6.45) is 6.68. The molecule has 0 fully saturated rings. The van der Waals surface area contributed by atoms with Gasteiger partial charge in [0.2, 0.25) is 0 Å². The maximum Gasteiger partial charge on any atom is 0.343 e. The summed E-state index contributed by atoms with van der Waals surface area (Å²) in [5.74, 6) is -0.255. The predicted molar refractivity (Wildman–Crippen MR) is 58.2 cm³/mol. The Hall–Kier alpha value is -0.320. The van der Waals surface area contributed by atoms with Gasteiger partial charge in [0.05, 0.1) is 10.7 Å². The smallest absolute Gasteiger partial charge is 0.343 e. The molecule has 0 aromatic heterocycles. The summed E-state index contributed by atoms with van der Waals surface area (Å²) in [6.45, 7) is 3.61. The highest BCUT2D eigenvalue weighted by Gasteiger charge is 2.02. The first-order valence-corrected chi connectivity index (χ1v) is 4.85. The molecule has 3 heteroatoms. The maximum atomic E-state index is 10.9. The zero-order valence-electron chi connectivity index (χ0n) is 7.18. The number of hydrogen-bond donors (Lipinski definition) is 0. The molecular weight excluding hydrogens is 267 g/mol. The second-order valence-electron chi connectivity index (χ2n) is 2.26. The van der Waals surface area contributed by atoms with Crippen molar-refractivity contribution in [1.29, 1.82) is 0 Å². The van der Waals surface area contributed by atoms with Gasteiger partial charge in [-0.3, -0.25) is 0 Å². The molecule has 68 valence electrons. The molecule has 0 unspecified atom stereocenters. The van der Waals surface area contributed by atoms with Gasteiger partial charge in [0, 0.05) is 0 Å². The second-order valence-corrected chi connectivity index (χ2v) is 3.43.